The minimum atomic E-state index is 0.0217. The van der Waals surface area contributed by atoms with Crippen molar-refractivity contribution in [2.75, 3.05) is 7.11 Å². The van der Waals surface area contributed by atoms with Crippen molar-refractivity contribution in [3.05, 3.63) is 77.9 Å². The van der Waals surface area contributed by atoms with Crippen molar-refractivity contribution < 1.29 is 19.4 Å². The Hall–Kier alpha value is -3.44. The maximum atomic E-state index is 11.2. The highest BCUT2D eigenvalue weighted by molar-refractivity contribution is 7.99. The van der Waals surface area contributed by atoms with E-state index >= 15 is 0 Å². The van der Waals surface area contributed by atoms with Crippen molar-refractivity contribution in [2.24, 2.45) is 0 Å². The summed E-state index contributed by atoms with van der Waals surface area (Å²) in [5.41, 5.74) is 3.98. The van der Waals surface area contributed by atoms with Gasteiger partial charge in [0.1, 0.15) is 17.2 Å². The molecule has 4 rings (SSSR count). The van der Waals surface area contributed by atoms with Crippen molar-refractivity contribution in [1.82, 2.24) is 0 Å². The Morgan fingerprint density at radius 3 is 2.23 bits per heavy atom. The summed E-state index contributed by atoms with van der Waals surface area (Å²) in [5.74, 6) is 0.992. The molecule has 4 nitrogen and oxygen atoms in total. The number of aryl methyl sites for hydroxylation is 2. The third kappa shape index (κ3) is 3.97. The molecule has 0 aliphatic rings. The lowest BCUT2D eigenvalue weighted by Crippen LogP contribution is -1.95. The quantitative estimate of drug-likeness (QED) is 0.353. The van der Waals surface area contributed by atoms with Crippen LogP contribution in [0.2, 0.25) is 0 Å². The third-order valence-electron chi connectivity index (χ3n) is 5.22. The monoisotopic (exact) mass is 430 g/mol. The summed E-state index contributed by atoms with van der Waals surface area (Å²) >= 11 is 1.62. The van der Waals surface area contributed by atoms with E-state index in [1.54, 1.807) is 18.9 Å². The lowest BCUT2D eigenvalue weighted by Gasteiger charge is -2.17. The van der Waals surface area contributed by atoms with Gasteiger partial charge in [0.25, 0.3) is 6.47 Å². The number of fused-ring (bicyclic) bond motifs is 1. The van der Waals surface area contributed by atoms with Crippen molar-refractivity contribution in [3.8, 4) is 28.4 Å². The number of hydrogen-bond acceptors (Lipinski definition) is 5. The van der Waals surface area contributed by atoms with Crippen LogP contribution in [-0.2, 0) is 4.79 Å². The Kier molecular flexibility index (Phi) is 5.87. The second-order valence-electron chi connectivity index (χ2n) is 7.22. The minimum Gasteiger partial charge on any atom is -0.507 e. The lowest BCUT2D eigenvalue weighted by molar-refractivity contribution is -0.120. The van der Waals surface area contributed by atoms with Crippen LogP contribution >= 0.6 is 11.8 Å². The van der Waals surface area contributed by atoms with Gasteiger partial charge in [0.2, 0.25) is 0 Å². The van der Waals surface area contributed by atoms with Gasteiger partial charge in [0.05, 0.1) is 12.0 Å². The first kappa shape index (κ1) is 20.8. The zero-order valence-electron chi connectivity index (χ0n) is 17.5. The minimum absolute atomic E-state index is 0.0217. The molecule has 1 N–H and O–H groups in total. The van der Waals surface area contributed by atoms with Crippen LogP contribution in [0.4, 0.5) is 0 Å². The number of phenols is 1. The summed E-state index contributed by atoms with van der Waals surface area (Å²) in [6.07, 6.45) is 0. The summed E-state index contributed by atoms with van der Waals surface area (Å²) in [6, 6.07) is 21.2. The second kappa shape index (κ2) is 8.74. The van der Waals surface area contributed by atoms with Gasteiger partial charge >= 0.3 is 0 Å². The maximum Gasteiger partial charge on any atom is 0.298 e. The number of methoxy groups -OCH3 is 1. The fourth-order valence-electron chi connectivity index (χ4n) is 3.74. The van der Waals surface area contributed by atoms with E-state index < -0.39 is 0 Å². The molecule has 31 heavy (non-hydrogen) atoms. The first-order valence-electron chi connectivity index (χ1n) is 9.81. The van der Waals surface area contributed by atoms with Gasteiger partial charge in [0.15, 0.2) is 0 Å². The van der Waals surface area contributed by atoms with E-state index in [9.17, 15) is 9.90 Å². The predicted molar refractivity (Wildman–Crippen MR) is 124 cm³/mol. The Labute approximate surface area is 185 Å². The van der Waals surface area contributed by atoms with Crippen molar-refractivity contribution >= 4 is 29.0 Å². The standard InChI is InChI=1S/C26H22O4S/c1-16-8-7-9-17(2)26(16)31-24-13-20-19(12-22(24)29-3)21(28)14-23(30-15-27)25(20)18-10-5-4-6-11-18/h4-15,28H,1-3H3. The van der Waals surface area contributed by atoms with Crippen molar-refractivity contribution in [1.29, 1.82) is 0 Å². The van der Waals surface area contributed by atoms with Crippen molar-refractivity contribution in [2.45, 2.75) is 23.6 Å². The third-order valence-corrected chi connectivity index (χ3v) is 6.61. The molecule has 0 atom stereocenters. The fourth-order valence-corrected chi connectivity index (χ4v) is 4.84. The molecule has 4 aromatic rings. The zero-order chi connectivity index (χ0) is 22.0. The molecule has 0 radical (unpaired) electrons. The Morgan fingerprint density at radius 2 is 1.58 bits per heavy atom. The molecule has 0 unspecified atom stereocenters. The SMILES string of the molecule is COc1cc2c(O)cc(OC=O)c(-c3ccccc3)c2cc1Sc1c(C)cccc1C. The Bertz CT molecular complexity index is 1250. The van der Waals surface area contributed by atoms with Gasteiger partial charge < -0.3 is 14.6 Å². The molecular formula is C26H22O4S. The zero-order valence-corrected chi connectivity index (χ0v) is 18.3. The molecule has 0 aliphatic carbocycles. The van der Waals surface area contributed by atoms with Crippen LogP contribution in [0.5, 0.6) is 17.2 Å². The van der Waals surface area contributed by atoms with Gasteiger partial charge in [-0.3, -0.25) is 4.79 Å². The van der Waals surface area contributed by atoms with E-state index in [0.717, 1.165) is 26.3 Å². The molecule has 0 spiro atoms. The Balaban J connectivity index is 2.01. The lowest BCUT2D eigenvalue weighted by atomic mass is 9.96. The first-order valence-corrected chi connectivity index (χ1v) is 10.6. The molecule has 0 aromatic heterocycles. The highest BCUT2D eigenvalue weighted by Gasteiger charge is 2.19. The second-order valence-corrected chi connectivity index (χ2v) is 8.27. The fraction of sp³-hybridized carbons (Fsp3) is 0.115. The van der Waals surface area contributed by atoms with E-state index in [2.05, 4.69) is 26.0 Å². The molecule has 0 aliphatic heterocycles. The number of phenolic OH excluding ortho intramolecular Hbond substituents is 1. The van der Waals surface area contributed by atoms with Gasteiger partial charge in [-0.2, -0.15) is 0 Å². The Morgan fingerprint density at radius 1 is 0.871 bits per heavy atom. The van der Waals surface area contributed by atoms with Crippen molar-refractivity contribution in [3.63, 3.8) is 0 Å². The van der Waals surface area contributed by atoms with Crippen LogP contribution in [0.15, 0.2) is 76.5 Å². The number of rotatable bonds is 6. The number of hydrogen-bond donors (Lipinski definition) is 1. The van der Waals surface area contributed by atoms with Crippen LogP contribution in [0, 0.1) is 13.8 Å². The average molecular weight is 431 g/mol. The van der Waals surface area contributed by atoms with Crippen LogP contribution in [-0.4, -0.2) is 18.7 Å². The molecule has 0 amide bonds. The van der Waals surface area contributed by atoms with E-state index in [0.29, 0.717) is 23.4 Å². The van der Waals surface area contributed by atoms with Crippen LogP contribution < -0.4 is 9.47 Å². The number of carbonyl (C=O) groups is 1. The van der Waals surface area contributed by atoms with Gasteiger partial charge in [-0.1, -0.05) is 60.3 Å². The smallest absolute Gasteiger partial charge is 0.298 e. The molecule has 0 fully saturated rings. The highest BCUT2D eigenvalue weighted by atomic mass is 32.2. The van der Waals surface area contributed by atoms with Crippen LogP contribution in [0.25, 0.3) is 21.9 Å². The summed E-state index contributed by atoms with van der Waals surface area (Å²) in [5, 5.41) is 12.1. The molecule has 0 saturated carbocycles. The van der Waals surface area contributed by atoms with E-state index in [1.165, 1.54) is 17.2 Å². The predicted octanol–water partition coefficient (Wildman–Crippen LogP) is 6.52. The van der Waals surface area contributed by atoms with Gasteiger partial charge in [0, 0.05) is 21.9 Å². The summed E-state index contributed by atoms with van der Waals surface area (Å²) in [6.45, 7) is 4.54. The highest BCUT2D eigenvalue weighted by Crippen LogP contribution is 2.47. The summed E-state index contributed by atoms with van der Waals surface area (Å²) in [7, 11) is 1.62. The van der Waals surface area contributed by atoms with E-state index in [1.807, 2.05) is 48.5 Å². The van der Waals surface area contributed by atoms with Gasteiger partial charge in [-0.15, -0.1) is 0 Å². The summed E-state index contributed by atoms with van der Waals surface area (Å²) < 4.78 is 10.9. The average Bonchev–Trinajstić information content (AvgIpc) is 2.77. The molecule has 0 heterocycles. The maximum absolute atomic E-state index is 11.2. The molecular weight excluding hydrogens is 408 g/mol. The van der Waals surface area contributed by atoms with E-state index in [-0.39, 0.29) is 5.75 Å². The molecule has 4 aromatic carbocycles. The van der Waals surface area contributed by atoms with Crippen LogP contribution in [0.3, 0.4) is 0 Å². The number of aromatic hydroxyl groups is 1. The van der Waals surface area contributed by atoms with Crippen LogP contribution in [0.1, 0.15) is 11.1 Å². The number of carbonyl (C=O) groups excluding carboxylic acids is 1. The number of ether oxygens (including phenoxy) is 2. The largest absolute Gasteiger partial charge is 0.507 e. The molecule has 0 bridgehead atoms. The topological polar surface area (TPSA) is 55.8 Å². The summed E-state index contributed by atoms with van der Waals surface area (Å²) in [4.78, 5) is 13.2. The van der Waals surface area contributed by atoms with Gasteiger partial charge in [-0.25, -0.2) is 0 Å². The van der Waals surface area contributed by atoms with E-state index in [4.69, 9.17) is 9.47 Å². The first-order chi connectivity index (χ1) is 15.0. The van der Waals surface area contributed by atoms with Gasteiger partial charge in [-0.05, 0) is 48.1 Å². The normalized spacial score (nSPS) is 10.8. The molecule has 0 saturated heterocycles. The number of benzene rings is 4. The molecule has 5 heteroatoms. The molecule has 156 valence electrons.